The van der Waals surface area contributed by atoms with E-state index >= 15 is 0 Å². The average Bonchev–Trinajstić information content (AvgIpc) is 3.17. The van der Waals surface area contributed by atoms with E-state index < -0.39 is 0 Å². The minimum absolute atomic E-state index is 0. The standard InChI is InChI=1S/C18H21N5O2S.HI/c1-12-22-13(11-26-12)7-8-20-18(19-2)21-9-10-23-16(24)14-5-3-4-6-15(14)17(23)25;/h3-6,11H,7-10H2,1-2H3,(H2,19,20,21);1H. The number of carbonyl (C=O) groups excluding carboxylic acids is 2. The van der Waals surface area contributed by atoms with E-state index in [0.29, 0.717) is 36.7 Å². The molecule has 3 rings (SSSR count). The molecule has 0 spiro atoms. The lowest BCUT2D eigenvalue weighted by molar-refractivity contribution is 0.0657. The highest BCUT2D eigenvalue weighted by Gasteiger charge is 2.34. The van der Waals surface area contributed by atoms with Crippen LogP contribution in [-0.2, 0) is 6.42 Å². The molecule has 27 heavy (non-hydrogen) atoms. The highest BCUT2D eigenvalue weighted by atomic mass is 127. The number of amides is 2. The number of guanidine groups is 1. The van der Waals surface area contributed by atoms with Crippen molar-refractivity contribution < 1.29 is 9.59 Å². The fourth-order valence-electron chi connectivity index (χ4n) is 2.78. The number of nitrogens with zero attached hydrogens (tertiary/aromatic N) is 3. The van der Waals surface area contributed by atoms with E-state index in [1.165, 1.54) is 4.90 Å². The molecule has 0 radical (unpaired) electrons. The van der Waals surface area contributed by atoms with Gasteiger partial charge in [-0.05, 0) is 19.1 Å². The van der Waals surface area contributed by atoms with Crippen molar-refractivity contribution >= 4 is 53.1 Å². The number of benzene rings is 1. The molecule has 0 fully saturated rings. The Balaban J connectivity index is 0.00000261. The van der Waals surface area contributed by atoms with Gasteiger partial charge in [-0.15, -0.1) is 35.3 Å². The zero-order chi connectivity index (χ0) is 18.5. The van der Waals surface area contributed by atoms with Crippen LogP contribution in [0, 0.1) is 6.92 Å². The molecule has 2 amide bonds. The second-order valence-electron chi connectivity index (χ2n) is 5.84. The Morgan fingerprint density at radius 3 is 2.33 bits per heavy atom. The van der Waals surface area contributed by atoms with Crippen LogP contribution in [0.4, 0.5) is 0 Å². The zero-order valence-electron chi connectivity index (χ0n) is 15.2. The van der Waals surface area contributed by atoms with Crippen molar-refractivity contribution in [2.75, 3.05) is 26.7 Å². The van der Waals surface area contributed by atoms with Gasteiger partial charge in [0.25, 0.3) is 11.8 Å². The first-order valence-electron chi connectivity index (χ1n) is 8.41. The maximum absolute atomic E-state index is 12.3. The van der Waals surface area contributed by atoms with Crippen LogP contribution in [-0.4, -0.2) is 54.3 Å². The maximum atomic E-state index is 12.3. The van der Waals surface area contributed by atoms with Crippen LogP contribution in [0.3, 0.4) is 0 Å². The van der Waals surface area contributed by atoms with Crippen LogP contribution in [0.25, 0.3) is 0 Å². The Morgan fingerprint density at radius 1 is 1.15 bits per heavy atom. The first-order chi connectivity index (χ1) is 12.6. The molecular weight excluding hydrogens is 477 g/mol. The summed E-state index contributed by atoms with van der Waals surface area (Å²) in [4.78, 5) is 34.5. The molecule has 2 heterocycles. The summed E-state index contributed by atoms with van der Waals surface area (Å²) >= 11 is 1.64. The molecule has 2 N–H and O–H groups in total. The first kappa shape index (κ1) is 21.3. The third-order valence-electron chi connectivity index (χ3n) is 4.07. The number of aryl methyl sites for hydroxylation is 1. The third kappa shape index (κ3) is 5.04. The fourth-order valence-corrected chi connectivity index (χ4v) is 3.43. The molecular formula is C18H22IN5O2S. The molecule has 9 heteroatoms. The van der Waals surface area contributed by atoms with E-state index in [9.17, 15) is 9.59 Å². The van der Waals surface area contributed by atoms with Gasteiger partial charge < -0.3 is 10.6 Å². The fraction of sp³-hybridized carbons (Fsp3) is 0.333. The minimum Gasteiger partial charge on any atom is -0.356 e. The number of aromatic nitrogens is 1. The van der Waals surface area contributed by atoms with Crippen LogP contribution < -0.4 is 10.6 Å². The van der Waals surface area contributed by atoms with Gasteiger partial charge in [-0.25, -0.2) is 4.98 Å². The molecule has 0 bridgehead atoms. The predicted molar refractivity (Wildman–Crippen MR) is 117 cm³/mol. The molecule has 1 aromatic carbocycles. The van der Waals surface area contributed by atoms with Crippen LogP contribution in [0.15, 0.2) is 34.6 Å². The molecule has 1 aromatic heterocycles. The molecule has 0 saturated heterocycles. The number of fused-ring (bicyclic) bond motifs is 1. The van der Waals surface area contributed by atoms with Gasteiger partial charge in [0.1, 0.15) is 0 Å². The lowest BCUT2D eigenvalue weighted by atomic mass is 10.1. The lowest BCUT2D eigenvalue weighted by Crippen LogP contribution is -2.43. The highest BCUT2D eigenvalue weighted by molar-refractivity contribution is 14.0. The van der Waals surface area contributed by atoms with E-state index in [4.69, 9.17) is 0 Å². The van der Waals surface area contributed by atoms with Crippen LogP contribution >= 0.6 is 35.3 Å². The van der Waals surface area contributed by atoms with Crippen molar-refractivity contribution in [1.82, 2.24) is 20.5 Å². The van der Waals surface area contributed by atoms with E-state index in [1.807, 2.05) is 6.92 Å². The molecule has 0 atom stereocenters. The first-order valence-corrected chi connectivity index (χ1v) is 9.29. The predicted octanol–water partition coefficient (Wildman–Crippen LogP) is 2.07. The summed E-state index contributed by atoms with van der Waals surface area (Å²) in [6.45, 7) is 3.41. The summed E-state index contributed by atoms with van der Waals surface area (Å²) in [7, 11) is 1.68. The molecule has 2 aromatic rings. The van der Waals surface area contributed by atoms with Crippen molar-refractivity contribution in [2.45, 2.75) is 13.3 Å². The Morgan fingerprint density at radius 2 is 1.78 bits per heavy atom. The monoisotopic (exact) mass is 499 g/mol. The molecule has 144 valence electrons. The average molecular weight is 499 g/mol. The number of halogens is 1. The zero-order valence-corrected chi connectivity index (χ0v) is 18.3. The molecule has 0 saturated carbocycles. The summed E-state index contributed by atoms with van der Waals surface area (Å²) < 4.78 is 0. The number of aliphatic imine (C=N–C) groups is 1. The Hall–Kier alpha value is -2.01. The number of nitrogens with one attached hydrogen (secondary N) is 2. The van der Waals surface area contributed by atoms with Crippen LogP contribution in [0.2, 0.25) is 0 Å². The van der Waals surface area contributed by atoms with E-state index in [1.54, 1.807) is 42.6 Å². The SMILES string of the molecule is CN=C(NCCc1csc(C)n1)NCCN1C(=O)c2ccccc2C1=O.I. The van der Waals surface area contributed by atoms with Gasteiger partial charge in [-0.3, -0.25) is 19.5 Å². The van der Waals surface area contributed by atoms with Crippen molar-refractivity contribution in [3.8, 4) is 0 Å². The number of imide groups is 1. The lowest BCUT2D eigenvalue weighted by Gasteiger charge is -2.16. The summed E-state index contributed by atoms with van der Waals surface area (Å²) in [6.07, 6.45) is 0.809. The van der Waals surface area contributed by atoms with E-state index in [2.05, 4.69) is 26.0 Å². The number of thiazole rings is 1. The maximum Gasteiger partial charge on any atom is 0.261 e. The molecule has 1 aliphatic rings. The van der Waals surface area contributed by atoms with Gasteiger partial charge in [0.15, 0.2) is 5.96 Å². The van der Waals surface area contributed by atoms with E-state index in [-0.39, 0.29) is 35.8 Å². The summed E-state index contributed by atoms with van der Waals surface area (Å²) in [5, 5.41) is 9.45. The number of hydrogen-bond acceptors (Lipinski definition) is 5. The van der Waals surface area contributed by atoms with Crippen LogP contribution in [0.1, 0.15) is 31.4 Å². The molecule has 7 nitrogen and oxygen atoms in total. The third-order valence-corrected chi connectivity index (χ3v) is 4.89. The normalized spacial score (nSPS) is 13.4. The smallest absolute Gasteiger partial charge is 0.261 e. The Kier molecular flexibility index (Phi) is 7.72. The number of hydrogen-bond donors (Lipinski definition) is 2. The Bertz CT molecular complexity index is 817. The van der Waals surface area contributed by atoms with Gasteiger partial charge in [0.05, 0.1) is 21.8 Å². The van der Waals surface area contributed by atoms with Gasteiger partial charge in [-0.2, -0.15) is 0 Å². The quantitative estimate of drug-likeness (QED) is 0.275. The number of carbonyl (C=O) groups is 2. The van der Waals surface area contributed by atoms with Crippen molar-refractivity contribution in [2.24, 2.45) is 4.99 Å². The largest absolute Gasteiger partial charge is 0.356 e. The summed E-state index contributed by atoms with van der Waals surface area (Å²) in [6, 6.07) is 6.90. The Labute approximate surface area is 179 Å². The van der Waals surface area contributed by atoms with Crippen molar-refractivity contribution in [3.05, 3.63) is 51.5 Å². The van der Waals surface area contributed by atoms with E-state index in [0.717, 1.165) is 17.1 Å². The molecule has 1 aliphatic heterocycles. The summed E-state index contributed by atoms with van der Waals surface area (Å²) in [5.41, 5.74) is 2.00. The number of rotatable bonds is 6. The van der Waals surface area contributed by atoms with Gasteiger partial charge in [0, 0.05) is 38.5 Å². The summed E-state index contributed by atoms with van der Waals surface area (Å²) in [5.74, 6) is 0.150. The molecule has 0 aliphatic carbocycles. The minimum atomic E-state index is -0.241. The second-order valence-corrected chi connectivity index (χ2v) is 6.90. The van der Waals surface area contributed by atoms with Crippen molar-refractivity contribution in [1.29, 1.82) is 0 Å². The highest BCUT2D eigenvalue weighted by Crippen LogP contribution is 2.21. The van der Waals surface area contributed by atoms with Gasteiger partial charge in [-0.1, -0.05) is 12.1 Å². The van der Waals surface area contributed by atoms with Gasteiger partial charge in [0.2, 0.25) is 0 Å². The van der Waals surface area contributed by atoms with Crippen molar-refractivity contribution in [3.63, 3.8) is 0 Å². The van der Waals surface area contributed by atoms with Gasteiger partial charge >= 0.3 is 0 Å². The second kappa shape index (κ2) is 9.79. The topological polar surface area (TPSA) is 86.7 Å². The van der Waals surface area contributed by atoms with Crippen LogP contribution in [0.5, 0.6) is 0 Å². The molecule has 0 unspecified atom stereocenters.